The summed E-state index contributed by atoms with van der Waals surface area (Å²) in [5.74, 6) is -0.861. The number of rotatable bonds is 0. The second-order valence-electron chi connectivity index (χ2n) is 5.51. The maximum atomic E-state index is 6.04. The topological polar surface area (TPSA) is 27.7 Å². The van der Waals surface area contributed by atoms with Gasteiger partial charge in [-0.25, -0.2) is 0 Å². The van der Waals surface area contributed by atoms with E-state index in [0.29, 0.717) is 8.58 Å². The molecule has 0 aromatic heterocycles. The number of hydrogen-bond acceptors (Lipinski definition) is 3. The molecule has 4 bridgehead atoms. The van der Waals surface area contributed by atoms with E-state index < -0.39 is 11.6 Å². The summed E-state index contributed by atoms with van der Waals surface area (Å²) in [6, 6.07) is 0. The van der Waals surface area contributed by atoms with Crippen LogP contribution in [-0.2, 0) is 14.2 Å². The lowest BCUT2D eigenvalue weighted by molar-refractivity contribution is -0.467. The highest BCUT2D eigenvalue weighted by Gasteiger charge is 2.66. The molecule has 4 aliphatic heterocycles. The summed E-state index contributed by atoms with van der Waals surface area (Å²) < 4.78 is 18.0. The zero-order valence-electron chi connectivity index (χ0n) is 9.14. The van der Waals surface area contributed by atoms with Gasteiger partial charge in [-0.05, 0) is 27.7 Å². The van der Waals surface area contributed by atoms with Crippen molar-refractivity contribution in [2.24, 2.45) is 0 Å². The van der Waals surface area contributed by atoms with E-state index in [1.54, 1.807) is 0 Å². The molecular formula is C10H20BO3P. The molecule has 0 N–H and O–H groups in total. The smallest absolute Gasteiger partial charge is 0.173 e. The largest absolute Gasteiger partial charge is 0.339 e. The lowest BCUT2D eigenvalue weighted by atomic mass is 9.98. The van der Waals surface area contributed by atoms with E-state index in [-0.39, 0.29) is 19.1 Å². The van der Waals surface area contributed by atoms with Gasteiger partial charge in [0.2, 0.25) is 0 Å². The zero-order valence-corrected chi connectivity index (χ0v) is 10.1. The molecule has 0 amide bonds. The van der Waals surface area contributed by atoms with Gasteiger partial charge in [0.1, 0.15) is 0 Å². The van der Waals surface area contributed by atoms with Gasteiger partial charge < -0.3 is 14.2 Å². The van der Waals surface area contributed by atoms with Crippen molar-refractivity contribution in [2.45, 2.75) is 62.8 Å². The van der Waals surface area contributed by atoms with Crippen LogP contribution in [0.4, 0.5) is 0 Å². The molecule has 0 saturated carbocycles. The molecule has 0 radical (unpaired) electrons. The van der Waals surface area contributed by atoms with Crippen LogP contribution in [0.2, 0.25) is 0 Å². The molecular weight excluding hydrogens is 210 g/mol. The molecule has 4 saturated heterocycles. The quantitative estimate of drug-likeness (QED) is 0.462. The Morgan fingerprint density at radius 1 is 0.800 bits per heavy atom. The Kier molecular flexibility index (Phi) is 2.20. The molecule has 0 aromatic rings. The Balaban J connectivity index is 0.000000853. The van der Waals surface area contributed by atoms with Crippen molar-refractivity contribution in [3.63, 3.8) is 0 Å². The van der Waals surface area contributed by atoms with Crippen LogP contribution >= 0.6 is 8.58 Å². The Hall–Kier alpha value is 0.375. The minimum absolute atomic E-state index is 0. The molecule has 86 valence electrons. The molecule has 4 unspecified atom stereocenters. The third kappa shape index (κ3) is 1.66. The van der Waals surface area contributed by atoms with E-state index in [0.717, 1.165) is 12.8 Å². The van der Waals surface area contributed by atoms with E-state index >= 15 is 0 Å². The molecule has 0 aliphatic carbocycles. The molecule has 15 heavy (non-hydrogen) atoms. The number of ether oxygens (including phenoxy) is 3. The highest BCUT2D eigenvalue weighted by molar-refractivity contribution is 7.41. The van der Waals surface area contributed by atoms with Crippen LogP contribution in [0.1, 0.15) is 40.5 Å². The fraction of sp³-hybridized carbons (Fsp3) is 1.00. The highest BCUT2D eigenvalue weighted by Crippen LogP contribution is 2.67. The summed E-state index contributed by atoms with van der Waals surface area (Å²) in [5.41, 5.74) is 0. The lowest BCUT2D eigenvalue weighted by Gasteiger charge is -2.66. The van der Waals surface area contributed by atoms with Crippen molar-refractivity contribution >= 4 is 17.0 Å². The summed E-state index contributed by atoms with van der Waals surface area (Å²) in [6.07, 6.45) is 1.70. The van der Waals surface area contributed by atoms with Crippen LogP contribution in [0.3, 0.4) is 0 Å². The van der Waals surface area contributed by atoms with Gasteiger partial charge in [-0.3, -0.25) is 0 Å². The van der Waals surface area contributed by atoms with Crippen LogP contribution in [0, 0.1) is 0 Å². The average Bonchev–Trinajstić information content (AvgIpc) is 1.67. The monoisotopic (exact) mass is 230 g/mol. The molecule has 4 atom stereocenters. The third-order valence-corrected chi connectivity index (χ3v) is 4.78. The fourth-order valence-corrected chi connectivity index (χ4v) is 6.06. The van der Waals surface area contributed by atoms with E-state index in [9.17, 15) is 0 Å². The van der Waals surface area contributed by atoms with E-state index in [1.807, 2.05) is 13.8 Å². The number of hydrogen-bond donors (Lipinski definition) is 0. The lowest BCUT2D eigenvalue weighted by Crippen LogP contribution is -2.69. The van der Waals surface area contributed by atoms with Crippen molar-refractivity contribution in [1.82, 2.24) is 0 Å². The summed E-state index contributed by atoms with van der Waals surface area (Å²) in [7, 11) is 0.713. The summed E-state index contributed by atoms with van der Waals surface area (Å²) in [6.45, 7) is 8.44. The minimum atomic E-state index is -0.431. The van der Waals surface area contributed by atoms with Crippen molar-refractivity contribution < 1.29 is 14.2 Å². The molecule has 5 heteroatoms. The van der Waals surface area contributed by atoms with Gasteiger partial charge in [-0.1, -0.05) is 8.58 Å². The van der Waals surface area contributed by atoms with Gasteiger partial charge in [0, 0.05) is 12.8 Å². The van der Waals surface area contributed by atoms with Gasteiger partial charge in [-0.15, -0.1) is 0 Å². The maximum absolute atomic E-state index is 6.04. The molecule has 3 nitrogen and oxygen atoms in total. The highest BCUT2D eigenvalue weighted by atomic mass is 31.1. The first-order valence-corrected chi connectivity index (χ1v) is 6.14. The average molecular weight is 230 g/mol. The normalized spacial score (nSPS) is 63.2. The van der Waals surface area contributed by atoms with Crippen molar-refractivity contribution in [1.29, 1.82) is 0 Å². The Bertz CT molecular complexity index is 213. The van der Waals surface area contributed by atoms with Crippen LogP contribution in [0.5, 0.6) is 0 Å². The van der Waals surface area contributed by atoms with Gasteiger partial charge in [0.25, 0.3) is 0 Å². The Morgan fingerprint density at radius 2 is 1.20 bits per heavy atom. The molecule has 4 heterocycles. The maximum Gasteiger partial charge on any atom is 0.173 e. The van der Waals surface area contributed by atoms with Crippen molar-refractivity contribution in [3.8, 4) is 0 Å². The third-order valence-electron chi connectivity index (χ3n) is 3.16. The summed E-state index contributed by atoms with van der Waals surface area (Å²) in [5, 5.41) is -0.0694. The Morgan fingerprint density at radius 3 is 1.53 bits per heavy atom. The molecule has 0 aromatic carbocycles. The second-order valence-corrected chi connectivity index (χ2v) is 7.88. The standard InChI is InChI=1S/C10H17O3P.BH3/c1-7-5-9(3)13-8(2,11-7)6-10(4,12-7)14-9;/h14H,5-6H2,1-4H3;1H3. The van der Waals surface area contributed by atoms with Gasteiger partial charge in [-0.2, -0.15) is 0 Å². The molecule has 4 aliphatic rings. The van der Waals surface area contributed by atoms with Crippen LogP contribution < -0.4 is 0 Å². The molecule has 4 fully saturated rings. The van der Waals surface area contributed by atoms with E-state index in [2.05, 4.69) is 13.8 Å². The zero-order chi connectivity index (χ0) is 10.2. The van der Waals surface area contributed by atoms with Gasteiger partial charge >= 0.3 is 0 Å². The second kappa shape index (κ2) is 2.79. The SMILES string of the molecule is B.CC12CC3(C)OC(C)(CC(C)(O1)P3)O2. The minimum Gasteiger partial charge on any atom is -0.339 e. The van der Waals surface area contributed by atoms with Gasteiger partial charge in [0.15, 0.2) is 11.6 Å². The van der Waals surface area contributed by atoms with Crippen LogP contribution in [0.15, 0.2) is 0 Å². The first-order chi connectivity index (χ1) is 6.24. The van der Waals surface area contributed by atoms with Crippen molar-refractivity contribution in [2.75, 3.05) is 0 Å². The summed E-state index contributed by atoms with van der Waals surface area (Å²) >= 11 is 0. The predicted octanol–water partition coefficient (Wildman–Crippen LogP) is 1.22. The van der Waals surface area contributed by atoms with E-state index in [1.165, 1.54) is 0 Å². The fourth-order valence-electron chi connectivity index (χ4n) is 3.59. The first kappa shape index (κ1) is 11.8. The van der Waals surface area contributed by atoms with Crippen LogP contribution in [-0.4, -0.2) is 30.7 Å². The molecule has 0 spiro atoms. The van der Waals surface area contributed by atoms with Crippen LogP contribution in [0.25, 0.3) is 0 Å². The van der Waals surface area contributed by atoms with Gasteiger partial charge in [0.05, 0.1) is 19.1 Å². The molecule has 4 rings (SSSR count). The summed E-state index contributed by atoms with van der Waals surface area (Å²) in [4.78, 5) is 0. The Labute approximate surface area is 94.6 Å². The van der Waals surface area contributed by atoms with E-state index in [4.69, 9.17) is 14.2 Å². The van der Waals surface area contributed by atoms with Crippen molar-refractivity contribution in [3.05, 3.63) is 0 Å². The first-order valence-electron chi connectivity index (χ1n) is 5.14. The predicted molar refractivity (Wildman–Crippen MR) is 64.4 cm³/mol.